The monoisotopic (exact) mass is 356 g/mol. The van der Waals surface area contributed by atoms with Gasteiger partial charge in [-0.25, -0.2) is 12.8 Å². The maximum absolute atomic E-state index is 14.4. The van der Waals surface area contributed by atoms with Crippen molar-refractivity contribution in [2.24, 2.45) is 5.92 Å². The molecule has 8 heteroatoms. The Balaban J connectivity index is 1.85. The smallest absolute Gasteiger partial charge is 0.246 e. The highest BCUT2D eigenvalue weighted by Crippen LogP contribution is 2.34. The van der Waals surface area contributed by atoms with Crippen LogP contribution in [0.15, 0.2) is 23.1 Å². The summed E-state index contributed by atoms with van der Waals surface area (Å²) in [6, 6.07) is 3.61. The summed E-state index contributed by atoms with van der Waals surface area (Å²) in [5.74, 6) is -1.04. The van der Waals surface area contributed by atoms with E-state index in [0.29, 0.717) is 19.8 Å². The van der Waals surface area contributed by atoms with Crippen LogP contribution in [0.4, 0.5) is 10.1 Å². The Morgan fingerprint density at radius 1 is 1.38 bits per heavy atom. The normalized spacial score (nSPS) is 21.2. The lowest BCUT2D eigenvalue weighted by atomic mass is 10.1. The second kappa shape index (κ2) is 6.78. The molecule has 3 rings (SSSR count). The van der Waals surface area contributed by atoms with Gasteiger partial charge in [-0.1, -0.05) is 0 Å². The number of anilines is 1. The zero-order chi connectivity index (χ0) is 17.3. The summed E-state index contributed by atoms with van der Waals surface area (Å²) in [5.41, 5.74) is 0.237. The van der Waals surface area contributed by atoms with Gasteiger partial charge in [-0.3, -0.25) is 4.79 Å². The van der Waals surface area contributed by atoms with E-state index in [9.17, 15) is 17.6 Å². The number of sulfonamides is 1. The minimum atomic E-state index is -3.91. The molecule has 1 aliphatic carbocycles. The third kappa shape index (κ3) is 3.76. The number of amides is 1. The number of nitrogens with zero attached hydrogens (tertiary/aromatic N) is 1. The van der Waals surface area contributed by atoms with Crippen LogP contribution >= 0.6 is 0 Å². The molecule has 0 aromatic heterocycles. The first-order valence-corrected chi connectivity index (χ1v) is 9.48. The number of hydrogen-bond acceptors (Lipinski definition) is 4. The fourth-order valence-electron chi connectivity index (χ4n) is 2.91. The topological polar surface area (TPSA) is 75.7 Å². The van der Waals surface area contributed by atoms with Crippen LogP contribution in [-0.4, -0.2) is 44.4 Å². The predicted molar refractivity (Wildman–Crippen MR) is 86.5 cm³/mol. The number of nitrogens with one attached hydrogen (secondary N) is 1. The second-order valence-electron chi connectivity index (χ2n) is 6.36. The average Bonchev–Trinajstić information content (AvgIpc) is 3.19. The van der Waals surface area contributed by atoms with Gasteiger partial charge in [-0.15, -0.1) is 0 Å². The first-order valence-electron chi connectivity index (χ1n) is 8.04. The van der Waals surface area contributed by atoms with Gasteiger partial charge < -0.3 is 10.1 Å². The van der Waals surface area contributed by atoms with Crippen LogP contribution in [0.25, 0.3) is 0 Å². The molecule has 0 spiro atoms. The Kier molecular flexibility index (Phi) is 4.89. The number of carbonyl (C=O) groups is 1. The van der Waals surface area contributed by atoms with E-state index in [2.05, 4.69) is 5.32 Å². The van der Waals surface area contributed by atoms with Crippen molar-refractivity contribution in [2.45, 2.75) is 37.1 Å². The van der Waals surface area contributed by atoms with Gasteiger partial charge in [-0.2, -0.15) is 4.31 Å². The first-order chi connectivity index (χ1) is 11.4. The van der Waals surface area contributed by atoms with Crippen LogP contribution < -0.4 is 5.32 Å². The minimum absolute atomic E-state index is 0.0509. The average molecular weight is 356 g/mol. The van der Waals surface area contributed by atoms with Crippen LogP contribution in [-0.2, 0) is 19.6 Å². The summed E-state index contributed by atoms with van der Waals surface area (Å²) in [6.07, 6.45) is 2.43. The van der Waals surface area contributed by atoms with E-state index in [4.69, 9.17) is 4.74 Å². The molecule has 0 radical (unpaired) electrons. The molecular weight excluding hydrogens is 335 g/mol. The molecule has 2 fully saturated rings. The van der Waals surface area contributed by atoms with E-state index in [1.54, 1.807) is 0 Å². The highest BCUT2D eigenvalue weighted by Gasteiger charge is 2.40. The van der Waals surface area contributed by atoms with Crippen molar-refractivity contribution in [3.05, 3.63) is 24.0 Å². The molecule has 6 nitrogen and oxygen atoms in total. The largest absolute Gasteiger partial charge is 0.381 e. The number of benzene rings is 1. The van der Waals surface area contributed by atoms with Crippen LogP contribution in [0.5, 0.6) is 0 Å². The molecule has 1 amide bonds. The first kappa shape index (κ1) is 17.3. The van der Waals surface area contributed by atoms with E-state index in [1.807, 2.05) is 0 Å². The van der Waals surface area contributed by atoms with Crippen molar-refractivity contribution in [1.82, 2.24) is 4.31 Å². The lowest BCUT2D eigenvalue weighted by Crippen LogP contribution is -2.37. The number of hydrogen-bond donors (Lipinski definition) is 1. The molecule has 1 atom stereocenters. The van der Waals surface area contributed by atoms with Crippen molar-refractivity contribution in [3.63, 3.8) is 0 Å². The predicted octanol–water partition coefficient (Wildman–Crippen LogP) is 1.97. The SMILES string of the molecule is CC(=O)Nc1ccc(S(=O)(=O)N(C[C@@H]2CCOC2)C2CC2)c(F)c1. The molecule has 1 saturated heterocycles. The van der Waals surface area contributed by atoms with Crippen LogP contribution in [0.1, 0.15) is 26.2 Å². The van der Waals surface area contributed by atoms with Crippen LogP contribution in [0.3, 0.4) is 0 Å². The molecule has 1 aromatic rings. The fraction of sp³-hybridized carbons (Fsp3) is 0.562. The van der Waals surface area contributed by atoms with Gasteiger partial charge in [-0.05, 0) is 43.4 Å². The number of carbonyl (C=O) groups excluding carboxylic acids is 1. The number of rotatable bonds is 6. The van der Waals surface area contributed by atoms with Gasteiger partial charge in [0, 0.05) is 31.8 Å². The summed E-state index contributed by atoms with van der Waals surface area (Å²) in [5, 5.41) is 2.44. The van der Waals surface area contributed by atoms with Gasteiger partial charge in [0.05, 0.1) is 6.61 Å². The molecular formula is C16H21FN2O4S. The summed E-state index contributed by atoms with van der Waals surface area (Å²) in [6.45, 7) is 2.85. The van der Waals surface area contributed by atoms with Crippen molar-refractivity contribution in [2.75, 3.05) is 25.1 Å². The summed E-state index contributed by atoms with van der Waals surface area (Å²) >= 11 is 0. The minimum Gasteiger partial charge on any atom is -0.381 e. The van der Waals surface area contributed by atoms with E-state index >= 15 is 0 Å². The molecule has 1 saturated carbocycles. The molecule has 2 aliphatic rings. The lowest BCUT2D eigenvalue weighted by Gasteiger charge is -2.24. The van der Waals surface area contributed by atoms with Crippen molar-refractivity contribution < 1.29 is 22.3 Å². The summed E-state index contributed by atoms with van der Waals surface area (Å²) in [7, 11) is -3.91. The lowest BCUT2D eigenvalue weighted by molar-refractivity contribution is -0.114. The molecule has 0 unspecified atom stereocenters. The highest BCUT2D eigenvalue weighted by molar-refractivity contribution is 7.89. The Labute approximate surface area is 141 Å². The summed E-state index contributed by atoms with van der Waals surface area (Å²) in [4.78, 5) is 10.7. The van der Waals surface area contributed by atoms with Gasteiger partial charge in [0.15, 0.2) is 0 Å². The van der Waals surface area contributed by atoms with E-state index in [-0.39, 0.29) is 28.4 Å². The van der Waals surface area contributed by atoms with Gasteiger partial charge >= 0.3 is 0 Å². The standard InChI is InChI=1S/C16H21FN2O4S/c1-11(20)18-13-2-5-16(15(17)8-13)24(21,22)19(14-3-4-14)9-12-6-7-23-10-12/h2,5,8,12,14H,3-4,6-7,9-10H2,1H3,(H,18,20)/t12-/m0/s1. The van der Waals surface area contributed by atoms with Gasteiger partial charge in [0.25, 0.3) is 0 Å². The maximum atomic E-state index is 14.4. The Morgan fingerprint density at radius 3 is 2.67 bits per heavy atom. The highest BCUT2D eigenvalue weighted by atomic mass is 32.2. The molecule has 24 heavy (non-hydrogen) atoms. The van der Waals surface area contributed by atoms with Crippen molar-refractivity contribution >= 4 is 21.6 Å². The molecule has 1 aliphatic heterocycles. The zero-order valence-electron chi connectivity index (χ0n) is 13.5. The molecule has 0 bridgehead atoms. The van der Waals surface area contributed by atoms with Crippen LogP contribution in [0.2, 0.25) is 0 Å². The molecule has 1 heterocycles. The summed E-state index contributed by atoms with van der Waals surface area (Å²) < 4.78 is 46.9. The van der Waals surface area contributed by atoms with Crippen molar-refractivity contribution in [3.8, 4) is 0 Å². The van der Waals surface area contributed by atoms with E-state index in [1.165, 1.54) is 23.4 Å². The molecule has 132 valence electrons. The second-order valence-corrected chi connectivity index (χ2v) is 8.22. The van der Waals surface area contributed by atoms with E-state index < -0.39 is 15.8 Å². The number of ether oxygens (including phenoxy) is 1. The van der Waals surface area contributed by atoms with Crippen molar-refractivity contribution in [1.29, 1.82) is 0 Å². The zero-order valence-corrected chi connectivity index (χ0v) is 14.3. The third-order valence-corrected chi connectivity index (χ3v) is 6.21. The number of halogens is 1. The Morgan fingerprint density at radius 2 is 2.12 bits per heavy atom. The van der Waals surface area contributed by atoms with E-state index in [0.717, 1.165) is 25.3 Å². The molecule has 1 N–H and O–H groups in total. The maximum Gasteiger partial charge on any atom is 0.246 e. The third-order valence-electron chi connectivity index (χ3n) is 4.26. The quantitative estimate of drug-likeness (QED) is 0.846. The van der Waals surface area contributed by atoms with Gasteiger partial charge in [0.1, 0.15) is 10.7 Å². The molecule has 1 aromatic carbocycles. The van der Waals surface area contributed by atoms with Crippen LogP contribution in [0, 0.1) is 11.7 Å². The Bertz CT molecular complexity index is 728. The fourth-order valence-corrected chi connectivity index (χ4v) is 4.71. The Hall–Kier alpha value is -1.51. The van der Waals surface area contributed by atoms with Gasteiger partial charge in [0.2, 0.25) is 15.9 Å².